The van der Waals surface area contributed by atoms with Gasteiger partial charge in [0.15, 0.2) is 3.95 Å². The van der Waals surface area contributed by atoms with Crippen LogP contribution in [0.25, 0.3) is 0 Å². The molecule has 0 spiro atoms. The number of halogens is 1. The van der Waals surface area contributed by atoms with Crippen LogP contribution in [-0.2, 0) is 0 Å². The number of H-pyrrole nitrogens is 1. The van der Waals surface area contributed by atoms with Crippen molar-refractivity contribution in [3.05, 3.63) is 13.0 Å². The summed E-state index contributed by atoms with van der Waals surface area (Å²) in [7, 11) is 0. The summed E-state index contributed by atoms with van der Waals surface area (Å²) in [5.74, 6) is 0. The third kappa shape index (κ3) is 1.50. The minimum Gasteiger partial charge on any atom is -0.343 e. The van der Waals surface area contributed by atoms with Crippen molar-refractivity contribution in [2.45, 2.75) is 0 Å². The fraction of sp³-hybridized carbons (Fsp3) is 0. The fourth-order valence-corrected chi connectivity index (χ4v) is 2.27. The van der Waals surface area contributed by atoms with E-state index in [9.17, 15) is 0 Å². The smallest absolute Gasteiger partial charge is 0.159 e. The predicted octanol–water partition coefficient (Wildman–Crippen LogP) is 2.41. The molecule has 0 unspecified atom stereocenters. The Morgan fingerprint density at radius 2 is 2.57 bits per heavy atom. The maximum absolute atomic E-state index is 4.79. The second kappa shape index (κ2) is 2.23. The number of rotatable bonds is 0. The van der Waals surface area contributed by atoms with Gasteiger partial charge in [-0.1, -0.05) is 11.3 Å². The topological polar surface area (TPSA) is 15.8 Å². The van der Waals surface area contributed by atoms with Crippen LogP contribution in [0.15, 0.2) is 6.20 Å². The predicted molar refractivity (Wildman–Crippen MR) is 42.2 cm³/mol. The largest absolute Gasteiger partial charge is 0.343 e. The van der Waals surface area contributed by atoms with Crippen LogP contribution in [0.1, 0.15) is 0 Å². The van der Waals surface area contributed by atoms with Gasteiger partial charge in [-0.3, -0.25) is 0 Å². The van der Waals surface area contributed by atoms with Crippen LogP contribution in [0.2, 0.25) is 0 Å². The Hall–Kier alpha value is 0.580. The lowest BCUT2D eigenvalue weighted by Crippen LogP contribution is -1.48. The number of hydrogen-bond donors (Lipinski definition) is 1. The maximum Gasteiger partial charge on any atom is 0.159 e. The normalized spacial score (nSPS) is 9.29. The molecule has 0 bridgehead atoms. The molecule has 0 saturated carbocycles. The van der Waals surface area contributed by atoms with Gasteiger partial charge >= 0.3 is 0 Å². The Kier molecular flexibility index (Phi) is 1.82. The van der Waals surface area contributed by atoms with Crippen LogP contribution in [0.3, 0.4) is 0 Å². The molecular weight excluding hydrogens is 241 g/mol. The van der Waals surface area contributed by atoms with E-state index in [0.29, 0.717) is 0 Å². The van der Waals surface area contributed by atoms with Crippen molar-refractivity contribution in [1.82, 2.24) is 4.98 Å². The van der Waals surface area contributed by atoms with Gasteiger partial charge in [-0.15, -0.1) is 0 Å². The van der Waals surface area contributed by atoms with Gasteiger partial charge in [0.2, 0.25) is 0 Å². The third-order valence-electron chi connectivity index (χ3n) is 0.494. The third-order valence-corrected chi connectivity index (χ3v) is 2.45. The zero-order valence-electron chi connectivity index (χ0n) is 3.27. The Bertz CT molecular complexity index is 201. The lowest BCUT2D eigenvalue weighted by molar-refractivity contribution is 1.39. The average Bonchev–Trinajstić information content (AvgIpc) is 1.87. The highest BCUT2D eigenvalue weighted by Crippen LogP contribution is 2.09. The van der Waals surface area contributed by atoms with E-state index in [2.05, 4.69) is 27.6 Å². The molecule has 0 saturated heterocycles. The highest BCUT2D eigenvalue weighted by molar-refractivity contribution is 14.1. The van der Waals surface area contributed by atoms with Crippen LogP contribution in [0.5, 0.6) is 0 Å². The van der Waals surface area contributed by atoms with Crippen LogP contribution in [0.4, 0.5) is 0 Å². The lowest BCUT2D eigenvalue weighted by Gasteiger charge is -1.61. The molecule has 1 nitrogen and oxygen atoms in total. The van der Waals surface area contributed by atoms with Gasteiger partial charge in [0, 0.05) is 6.20 Å². The van der Waals surface area contributed by atoms with Crippen molar-refractivity contribution in [2.75, 3.05) is 0 Å². The zero-order chi connectivity index (χ0) is 5.28. The first-order chi connectivity index (χ1) is 3.29. The monoisotopic (exact) mass is 243 g/mol. The first-order valence-corrected chi connectivity index (χ1v) is 3.93. The highest BCUT2D eigenvalue weighted by Gasteiger charge is 1.82. The summed E-state index contributed by atoms with van der Waals surface area (Å²) < 4.78 is 2.06. The number of aromatic nitrogens is 1. The summed E-state index contributed by atoms with van der Waals surface area (Å²) in [4.78, 5) is 2.89. The molecule has 1 heterocycles. The summed E-state index contributed by atoms with van der Waals surface area (Å²) >= 11 is 8.60. The summed E-state index contributed by atoms with van der Waals surface area (Å²) in [5, 5.41) is 0. The van der Waals surface area contributed by atoms with E-state index in [1.807, 2.05) is 6.20 Å². The molecule has 1 aromatic rings. The fourth-order valence-electron chi connectivity index (χ4n) is 0.263. The molecule has 0 atom stereocenters. The Morgan fingerprint density at radius 3 is 2.71 bits per heavy atom. The molecule has 7 heavy (non-hydrogen) atoms. The molecule has 0 aromatic carbocycles. The van der Waals surface area contributed by atoms with Gasteiger partial charge in [-0.2, -0.15) is 0 Å². The summed E-state index contributed by atoms with van der Waals surface area (Å²) in [6.07, 6.45) is 1.90. The zero-order valence-corrected chi connectivity index (χ0v) is 7.06. The van der Waals surface area contributed by atoms with E-state index in [4.69, 9.17) is 12.2 Å². The molecule has 0 amide bonds. The van der Waals surface area contributed by atoms with Crippen molar-refractivity contribution in [3.63, 3.8) is 0 Å². The Balaban J connectivity index is 3.30. The molecular formula is C3H2INS2. The van der Waals surface area contributed by atoms with Crippen LogP contribution in [0, 0.1) is 6.84 Å². The SMILES string of the molecule is S=c1[nH]cc(I)s1. The molecule has 38 valence electrons. The molecule has 0 aliphatic carbocycles. The van der Waals surface area contributed by atoms with E-state index >= 15 is 0 Å². The van der Waals surface area contributed by atoms with E-state index in [0.717, 1.165) is 3.95 Å². The minimum absolute atomic E-state index is 0.851. The summed E-state index contributed by atoms with van der Waals surface area (Å²) in [6.45, 7) is 0. The molecule has 1 rings (SSSR count). The van der Waals surface area contributed by atoms with Gasteiger partial charge in [0.1, 0.15) is 0 Å². The molecule has 4 heteroatoms. The number of thiazole rings is 1. The van der Waals surface area contributed by atoms with E-state index in [1.165, 1.54) is 2.88 Å². The Labute approximate surface area is 63.9 Å². The summed E-state index contributed by atoms with van der Waals surface area (Å²) in [6, 6.07) is 0. The number of nitrogens with one attached hydrogen (secondary N) is 1. The maximum atomic E-state index is 4.79. The van der Waals surface area contributed by atoms with E-state index in [-0.39, 0.29) is 0 Å². The highest BCUT2D eigenvalue weighted by atomic mass is 127. The summed E-state index contributed by atoms with van der Waals surface area (Å²) in [5.41, 5.74) is 0. The van der Waals surface area contributed by atoms with E-state index in [1.54, 1.807) is 11.3 Å². The molecule has 1 aromatic heterocycles. The second-order valence-corrected chi connectivity index (χ2v) is 4.60. The standard InChI is InChI=1S/C3H2INS2/c4-2-1-5-3(6)7-2/h1H,(H,5,6). The van der Waals surface area contributed by atoms with Gasteiger partial charge in [0.05, 0.1) is 2.88 Å². The van der Waals surface area contributed by atoms with E-state index < -0.39 is 0 Å². The van der Waals surface area contributed by atoms with Crippen molar-refractivity contribution in [1.29, 1.82) is 0 Å². The Morgan fingerprint density at radius 1 is 1.86 bits per heavy atom. The molecule has 1 N–H and O–H groups in total. The molecule has 0 aliphatic heterocycles. The van der Waals surface area contributed by atoms with Crippen LogP contribution < -0.4 is 0 Å². The van der Waals surface area contributed by atoms with Crippen LogP contribution >= 0.6 is 46.1 Å². The van der Waals surface area contributed by atoms with Crippen molar-refractivity contribution >= 4 is 46.1 Å². The van der Waals surface area contributed by atoms with Gasteiger partial charge in [0.25, 0.3) is 0 Å². The van der Waals surface area contributed by atoms with Crippen molar-refractivity contribution < 1.29 is 0 Å². The molecule has 0 aliphatic rings. The quantitative estimate of drug-likeness (QED) is 0.546. The number of aromatic amines is 1. The van der Waals surface area contributed by atoms with Crippen molar-refractivity contribution in [2.24, 2.45) is 0 Å². The van der Waals surface area contributed by atoms with Crippen LogP contribution in [-0.4, -0.2) is 4.98 Å². The molecule has 0 fully saturated rings. The van der Waals surface area contributed by atoms with Gasteiger partial charge in [-0.25, -0.2) is 0 Å². The minimum atomic E-state index is 0.851. The van der Waals surface area contributed by atoms with Gasteiger partial charge in [-0.05, 0) is 34.8 Å². The lowest BCUT2D eigenvalue weighted by atomic mass is 11.0. The second-order valence-electron chi connectivity index (χ2n) is 0.982. The van der Waals surface area contributed by atoms with Crippen molar-refractivity contribution in [3.8, 4) is 0 Å². The average molecular weight is 243 g/mol. The first-order valence-electron chi connectivity index (χ1n) is 1.63. The number of hydrogen-bond acceptors (Lipinski definition) is 2. The first kappa shape index (κ1) is 5.71. The van der Waals surface area contributed by atoms with Gasteiger partial charge < -0.3 is 4.98 Å². The molecule has 0 radical (unpaired) electrons.